The second-order valence-corrected chi connectivity index (χ2v) is 6.66. The Balaban J connectivity index is 2.27. The third kappa shape index (κ3) is 1.71. The first-order chi connectivity index (χ1) is 7.40. The van der Waals surface area contributed by atoms with E-state index in [0.717, 1.165) is 18.9 Å². The van der Waals surface area contributed by atoms with Crippen LogP contribution in [-0.2, 0) is 4.79 Å². The maximum atomic E-state index is 12.7. The predicted octanol–water partition coefficient (Wildman–Crippen LogP) is 2.77. The van der Waals surface area contributed by atoms with Gasteiger partial charge in [-0.25, -0.2) is 0 Å². The van der Waals surface area contributed by atoms with Gasteiger partial charge in [0.15, 0.2) is 5.78 Å². The number of Topliss-reactive ketones (excluding diaryl/α,β-unsaturated/α-hetero) is 1. The molecule has 0 aromatic rings. The Kier molecular flexibility index (Phi) is 2.90. The third-order valence-corrected chi connectivity index (χ3v) is 4.43. The standard InChI is InChI=1S/C14H25NO/c1-5-15-14(12(16)13(2,3)4)9-10-6-7-11(14)8-10/h10-11,15H,5-9H2,1-4H3/t10-,11+,14?/m1/s1. The van der Waals surface area contributed by atoms with E-state index >= 15 is 0 Å². The molecule has 3 atom stereocenters. The second kappa shape index (κ2) is 3.83. The van der Waals surface area contributed by atoms with Crippen LogP contribution < -0.4 is 5.32 Å². The van der Waals surface area contributed by atoms with Crippen molar-refractivity contribution in [3.63, 3.8) is 0 Å². The number of fused-ring (bicyclic) bond motifs is 2. The number of carbonyl (C=O) groups is 1. The average molecular weight is 223 g/mol. The molecule has 0 aliphatic heterocycles. The van der Waals surface area contributed by atoms with Gasteiger partial charge in [0.25, 0.3) is 0 Å². The maximum Gasteiger partial charge on any atom is 0.158 e. The molecule has 0 aromatic heterocycles. The Hall–Kier alpha value is -0.370. The minimum Gasteiger partial charge on any atom is -0.305 e. The molecule has 2 aliphatic rings. The highest BCUT2D eigenvalue weighted by molar-refractivity contribution is 5.93. The van der Waals surface area contributed by atoms with Crippen molar-refractivity contribution in [1.29, 1.82) is 0 Å². The molecule has 92 valence electrons. The topological polar surface area (TPSA) is 29.1 Å². The molecular weight excluding hydrogens is 198 g/mol. The zero-order valence-corrected chi connectivity index (χ0v) is 11.1. The minimum atomic E-state index is -0.216. The van der Waals surface area contributed by atoms with Crippen LogP contribution in [0.1, 0.15) is 53.4 Å². The monoisotopic (exact) mass is 223 g/mol. The average Bonchev–Trinajstić information content (AvgIpc) is 2.75. The fraction of sp³-hybridized carbons (Fsp3) is 0.929. The van der Waals surface area contributed by atoms with Gasteiger partial charge in [0.05, 0.1) is 5.54 Å². The van der Waals surface area contributed by atoms with Crippen molar-refractivity contribution >= 4 is 5.78 Å². The summed E-state index contributed by atoms with van der Waals surface area (Å²) in [6, 6.07) is 0. The summed E-state index contributed by atoms with van der Waals surface area (Å²) in [5, 5.41) is 3.55. The molecule has 2 bridgehead atoms. The Morgan fingerprint density at radius 2 is 2.06 bits per heavy atom. The van der Waals surface area contributed by atoms with Gasteiger partial charge in [0, 0.05) is 5.41 Å². The van der Waals surface area contributed by atoms with E-state index in [1.54, 1.807) is 0 Å². The molecule has 0 saturated heterocycles. The highest BCUT2D eigenvalue weighted by Crippen LogP contribution is 2.52. The van der Waals surface area contributed by atoms with Gasteiger partial charge in [-0.1, -0.05) is 34.1 Å². The molecule has 1 unspecified atom stereocenters. The fourth-order valence-electron chi connectivity index (χ4n) is 3.89. The van der Waals surface area contributed by atoms with Gasteiger partial charge in [-0.2, -0.15) is 0 Å². The molecule has 2 aliphatic carbocycles. The Morgan fingerprint density at radius 3 is 2.44 bits per heavy atom. The molecule has 0 spiro atoms. The molecule has 0 amide bonds. The van der Waals surface area contributed by atoms with E-state index in [2.05, 4.69) is 33.0 Å². The van der Waals surface area contributed by atoms with E-state index < -0.39 is 0 Å². The van der Waals surface area contributed by atoms with Crippen LogP contribution in [0.2, 0.25) is 0 Å². The SMILES string of the molecule is CCNC1(C(=O)C(C)(C)C)C[C@@H]2CC[C@H]1C2. The van der Waals surface area contributed by atoms with Crippen LogP contribution in [0.3, 0.4) is 0 Å². The summed E-state index contributed by atoms with van der Waals surface area (Å²) in [6.45, 7) is 9.19. The number of carbonyl (C=O) groups excluding carboxylic acids is 1. The molecule has 0 radical (unpaired) electrons. The quantitative estimate of drug-likeness (QED) is 0.797. The molecule has 1 N–H and O–H groups in total. The highest BCUT2D eigenvalue weighted by Gasteiger charge is 2.56. The Bertz CT molecular complexity index is 292. The van der Waals surface area contributed by atoms with Gasteiger partial charge in [0.2, 0.25) is 0 Å². The van der Waals surface area contributed by atoms with E-state index in [-0.39, 0.29) is 11.0 Å². The van der Waals surface area contributed by atoms with E-state index in [9.17, 15) is 4.79 Å². The zero-order chi connectivity index (χ0) is 12.0. The van der Waals surface area contributed by atoms with Gasteiger partial charge in [0.1, 0.15) is 0 Å². The van der Waals surface area contributed by atoms with E-state index in [1.165, 1.54) is 19.3 Å². The molecule has 0 heterocycles. The maximum absolute atomic E-state index is 12.7. The lowest BCUT2D eigenvalue weighted by atomic mass is 9.70. The summed E-state index contributed by atoms with van der Waals surface area (Å²) in [6.07, 6.45) is 4.95. The van der Waals surface area contributed by atoms with Crippen LogP contribution in [0.25, 0.3) is 0 Å². The molecule has 2 saturated carbocycles. The lowest BCUT2D eigenvalue weighted by molar-refractivity contribution is -0.135. The van der Waals surface area contributed by atoms with Gasteiger partial charge in [-0.15, -0.1) is 0 Å². The number of nitrogens with one attached hydrogen (secondary N) is 1. The van der Waals surface area contributed by atoms with E-state index in [4.69, 9.17) is 0 Å². The first-order valence-electron chi connectivity index (χ1n) is 6.70. The predicted molar refractivity (Wildman–Crippen MR) is 66.3 cm³/mol. The van der Waals surface area contributed by atoms with Crippen molar-refractivity contribution in [3.8, 4) is 0 Å². The van der Waals surface area contributed by atoms with E-state index in [0.29, 0.717) is 11.7 Å². The van der Waals surface area contributed by atoms with Crippen LogP contribution in [0, 0.1) is 17.3 Å². The molecule has 2 heteroatoms. The van der Waals surface area contributed by atoms with Crippen molar-refractivity contribution < 1.29 is 4.79 Å². The number of hydrogen-bond acceptors (Lipinski definition) is 2. The van der Waals surface area contributed by atoms with Crippen LogP contribution in [0.4, 0.5) is 0 Å². The highest BCUT2D eigenvalue weighted by atomic mass is 16.1. The summed E-state index contributed by atoms with van der Waals surface area (Å²) in [7, 11) is 0. The number of rotatable bonds is 3. The Labute approximate surface area is 99.2 Å². The van der Waals surface area contributed by atoms with Gasteiger partial charge in [-0.3, -0.25) is 4.79 Å². The number of likely N-dealkylation sites (N-methyl/N-ethyl adjacent to an activating group) is 1. The lowest BCUT2D eigenvalue weighted by Gasteiger charge is -2.41. The summed E-state index contributed by atoms with van der Waals surface area (Å²) < 4.78 is 0. The molecule has 16 heavy (non-hydrogen) atoms. The normalized spacial score (nSPS) is 38.0. The summed E-state index contributed by atoms with van der Waals surface area (Å²) in [5.41, 5.74) is -0.400. The second-order valence-electron chi connectivity index (χ2n) is 6.66. The first-order valence-corrected chi connectivity index (χ1v) is 6.70. The lowest BCUT2D eigenvalue weighted by Crippen LogP contribution is -2.59. The summed E-state index contributed by atoms with van der Waals surface area (Å²) >= 11 is 0. The van der Waals surface area contributed by atoms with Gasteiger partial charge in [-0.05, 0) is 37.6 Å². The van der Waals surface area contributed by atoms with Crippen molar-refractivity contribution in [1.82, 2.24) is 5.32 Å². The van der Waals surface area contributed by atoms with Crippen molar-refractivity contribution in [2.75, 3.05) is 6.54 Å². The van der Waals surface area contributed by atoms with Crippen LogP contribution in [0.5, 0.6) is 0 Å². The largest absolute Gasteiger partial charge is 0.305 e. The first kappa shape index (κ1) is 12.1. The smallest absolute Gasteiger partial charge is 0.158 e. The molecule has 2 fully saturated rings. The zero-order valence-electron chi connectivity index (χ0n) is 11.1. The summed E-state index contributed by atoms with van der Waals surface area (Å²) in [4.78, 5) is 12.7. The Morgan fingerprint density at radius 1 is 1.38 bits per heavy atom. The molecule has 2 nitrogen and oxygen atoms in total. The summed E-state index contributed by atoms with van der Waals surface area (Å²) in [5.74, 6) is 1.84. The van der Waals surface area contributed by atoms with Crippen molar-refractivity contribution in [2.24, 2.45) is 17.3 Å². The molecule has 2 rings (SSSR count). The van der Waals surface area contributed by atoms with Gasteiger partial charge >= 0.3 is 0 Å². The number of ketones is 1. The minimum absolute atomic E-state index is 0.185. The number of hydrogen-bond donors (Lipinski definition) is 1. The molecule has 0 aromatic carbocycles. The molecular formula is C14H25NO. The van der Waals surface area contributed by atoms with E-state index in [1.807, 2.05) is 0 Å². The van der Waals surface area contributed by atoms with Crippen molar-refractivity contribution in [2.45, 2.75) is 58.9 Å². The third-order valence-electron chi connectivity index (χ3n) is 4.43. The van der Waals surface area contributed by atoms with Crippen LogP contribution >= 0.6 is 0 Å². The fourth-order valence-corrected chi connectivity index (χ4v) is 3.89. The van der Waals surface area contributed by atoms with Gasteiger partial charge < -0.3 is 5.32 Å². The van der Waals surface area contributed by atoms with Crippen LogP contribution in [0.15, 0.2) is 0 Å². The van der Waals surface area contributed by atoms with Crippen LogP contribution in [-0.4, -0.2) is 17.9 Å². The van der Waals surface area contributed by atoms with Crippen molar-refractivity contribution in [3.05, 3.63) is 0 Å².